The molecule has 0 spiro atoms. The van der Waals surface area contributed by atoms with Crippen LogP contribution in [0.3, 0.4) is 0 Å². The molecule has 0 heterocycles. The Morgan fingerprint density at radius 1 is 0.559 bits per heavy atom. The summed E-state index contributed by atoms with van der Waals surface area (Å²) in [4.78, 5) is 24.9. The van der Waals surface area contributed by atoms with Crippen LogP contribution in [0.2, 0.25) is 0 Å². The zero-order valence-electron chi connectivity index (χ0n) is 23.4. The SMILES string of the molecule is CCCC(C)CCC(C)CCOC(=O)C1CCC(C(=O)OCCC(C)CCC(C)CCC)CC1. The average Bonchev–Trinajstić information content (AvgIpc) is 2.81. The standard InChI is InChI=1S/C30H56O4/c1-7-9-23(3)11-13-25(5)19-21-33-29(31)27-15-17-28(18-16-27)30(32)34-22-20-26(6)14-12-24(4)10-8-2/h23-28H,7-22H2,1-6H3. The fraction of sp³-hybridized carbons (Fsp3) is 0.933. The molecule has 4 nitrogen and oxygen atoms in total. The molecule has 0 aromatic rings. The highest BCUT2D eigenvalue weighted by Gasteiger charge is 2.31. The van der Waals surface area contributed by atoms with Gasteiger partial charge in [0.1, 0.15) is 0 Å². The van der Waals surface area contributed by atoms with Crippen molar-refractivity contribution < 1.29 is 19.1 Å². The maximum Gasteiger partial charge on any atom is 0.308 e. The summed E-state index contributed by atoms with van der Waals surface area (Å²) >= 11 is 0. The van der Waals surface area contributed by atoms with Gasteiger partial charge in [-0.1, -0.05) is 92.9 Å². The highest BCUT2D eigenvalue weighted by Crippen LogP contribution is 2.31. The number of hydrogen-bond acceptors (Lipinski definition) is 4. The van der Waals surface area contributed by atoms with Crippen LogP contribution in [0.1, 0.15) is 131 Å². The lowest BCUT2D eigenvalue weighted by molar-refractivity contribution is -0.155. The molecule has 0 N–H and O–H groups in total. The summed E-state index contributed by atoms with van der Waals surface area (Å²) in [6.45, 7) is 14.7. The van der Waals surface area contributed by atoms with Crippen molar-refractivity contribution in [2.24, 2.45) is 35.5 Å². The van der Waals surface area contributed by atoms with Gasteiger partial charge >= 0.3 is 11.9 Å². The van der Waals surface area contributed by atoms with E-state index in [2.05, 4.69) is 41.5 Å². The van der Waals surface area contributed by atoms with E-state index >= 15 is 0 Å². The van der Waals surface area contributed by atoms with Crippen LogP contribution >= 0.6 is 0 Å². The van der Waals surface area contributed by atoms with Crippen LogP contribution in [0.25, 0.3) is 0 Å². The third-order valence-electron chi connectivity index (χ3n) is 7.97. The van der Waals surface area contributed by atoms with E-state index in [1.54, 1.807) is 0 Å². The molecular weight excluding hydrogens is 424 g/mol. The molecule has 0 saturated heterocycles. The summed E-state index contributed by atoms with van der Waals surface area (Å²) < 4.78 is 11.2. The maximum absolute atomic E-state index is 12.5. The Morgan fingerprint density at radius 3 is 1.15 bits per heavy atom. The van der Waals surface area contributed by atoms with Crippen LogP contribution in [-0.2, 0) is 19.1 Å². The van der Waals surface area contributed by atoms with Gasteiger partial charge in [-0.3, -0.25) is 9.59 Å². The topological polar surface area (TPSA) is 52.6 Å². The van der Waals surface area contributed by atoms with Crippen molar-refractivity contribution in [2.45, 2.75) is 131 Å². The first-order chi connectivity index (χ1) is 16.3. The van der Waals surface area contributed by atoms with Crippen molar-refractivity contribution in [3.05, 3.63) is 0 Å². The molecule has 4 unspecified atom stereocenters. The van der Waals surface area contributed by atoms with Gasteiger partial charge in [0.25, 0.3) is 0 Å². The Morgan fingerprint density at radius 2 is 0.853 bits per heavy atom. The summed E-state index contributed by atoms with van der Waals surface area (Å²) in [5.74, 6) is 2.55. The quantitative estimate of drug-likeness (QED) is 0.185. The van der Waals surface area contributed by atoms with Crippen LogP contribution in [0.15, 0.2) is 0 Å². The van der Waals surface area contributed by atoms with Gasteiger partial charge in [-0.05, 0) is 62.2 Å². The van der Waals surface area contributed by atoms with Crippen molar-refractivity contribution in [1.82, 2.24) is 0 Å². The number of ether oxygens (including phenoxy) is 2. The van der Waals surface area contributed by atoms with Crippen molar-refractivity contribution >= 4 is 11.9 Å². The third-order valence-corrected chi connectivity index (χ3v) is 7.97. The van der Waals surface area contributed by atoms with E-state index < -0.39 is 0 Å². The number of rotatable bonds is 18. The van der Waals surface area contributed by atoms with Gasteiger partial charge in [0.15, 0.2) is 0 Å². The monoisotopic (exact) mass is 480 g/mol. The summed E-state index contributed by atoms with van der Waals surface area (Å²) in [7, 11) is 0. The number of esters is 2. The molecule has 1 fully saturated rings. The summed E-state index contributed by atoms with van der Waals surface area (Å²) in [6.07, 6.45) is 14.9. The van der Waals surface area contributed by atoms with Gasteiger partial charge in [-0.15, -0.1) is 0 Å². The van der Waals surface area contributed by atoms with Crippen LogP contribution in [-0.4, -0.2) is 25.2 Å². The minimum Gasteiger partial charge on any atom is -0.465 e. The van der Waals surface area contributed by atoms with Gasteiger partial charge in [0, 0.05) is 0 Å². The van der Waals surface area contributed by atoms with Crippen molar-refractivity contribution in [2.75, 3.05) is 13.2 Å². The number of carbonyl (C=O) groups is 2. The summed E-state index contributed by atoms with van der Waals surface area (Å²) in [5.41, 5.74) is 0. The van der Waals surface area contributed by atoms with E-state index in [0.29, 0.717) is 25.0 Å². The van der Waals surface area contributed by atoms with E-state index in [1.807, 2.05) is 0 Å². The molecule has 4 atom stereocenters. The second-order valence-corrected chi connectivity index (χ2v) is 11.6. The molecule has 200 valence electrons. The lowest BCUT2D eigenvalue weighted by atomic mass is 9.82. The van der Waals surface area contributed by atoms with Gasteiger partial charge < -0.3 is 9.47 Å². The Hall–Kier alpha value is -1.06. The Bertz CT molecular complexity index is 490. The Kier molecular flexibility index (Phi) is 16.6. The lowest BCUT2D eigenvalue weighted by Crippen LogP contribution is -2.28. The molecule has 0 aromatic carbocycles. The molecule has 0 amide bonds. The minimum atomic E-state index is -0.0653. The fourth-order valence-corrected chi connectivity index (χ4v) is 5.22. The molecular formula is C30H56O4. The van der Waals surface area contributed by atoms with Gasteiger partial charge in [-0.2, -0.15) is 0 Å². The zero-order chi connectivity index (χ0) is 25.3. The molecule has 0 bridgehead atoms. The van der Waals surface area contributed by atoms with Gasteiger partial charge in [0.2, 0.25) is 0 Å². The second-order valence-electron chi connectivity index (χ2n) is 11.6. The predicted octanol–water partition coefficient (Wildman–Crippen LogP) is 8.36. The summed E-state index contributed by atoms with van der Waals surface area (Å²) in [5, 5.41) is 0. The molecule has 0 aliphatic heterocycles. The van der Waals surface area contributed by atoms with E-state index in [9.17, 15) is 9.59 Å². The number of hydrogen-bond donors (Lipinski definition) is 0. The molecule has 1 rings (SSSR count). The normalized spacial score (nSPS) is 21.9. The number of carbonyl (C=O) groups excluding carboxylic acids is 2. The zero-order valence-corrected chi connectivity index (χ0v) is 23.4. The van der Waals surface area contributed by atoms with E-state index in [1.165, 1.54) is 51.4 Å². The highest BCUT2D eigenvalue weighted by atomic mass is 16.5. The van der Waals surface area contributed by atoms with Gasteiger partial charge in [-0.25, -0.2) is 0 Å². The van der Waals surface area contributed by atoms with Crippen LogP contribution < -0.4 is 0 Å². The van der Waals surface area contributed by atoms with Gasteiger partial charge in [0.05, 0.1) is 25.0 Å². The predicted molar refractivity (Wildman–Crippen MR) is 142 cm³/mol. The first-order valence-corrected chi connectivity index (χ1v) is 14.6. The molecule has 1 saturated carbocycles. The van der Waals surface area contributed by atoms with Crippen LogP contribution in [0.4, 0.5) is 0 Å². The van der Waals surface area contributed by atoms with E-state index in [0.717, 1.165) is 50.4 Å². The Labute approximate surface area is 211 Å². The maximum atomic E-state index is 12.5. The molecule has 0 aromatic heterocycles. The minimum absolute atomic E-state index is 0.0472. The van der Waals surface area contributed by atoms with Crippen LogP contribution in [0, 0.1) is 35.5 Å². The van der Waals surface area contributed by atoms with Crippen LogP contribution in [0.5, 0.6) is 0 Å². The molecule has 34 heavy (non-hydrogen) atoms. The van der Waals surface area contributed by atoms with Crippen molar-refractivity contribution in [3.63, 3.8) is 0 Å². The van der Waals surface area contributed by atoms with E-state index in [-0.39, 0.29) is 23.8 Å². The molecule has 1 aliphatic carbocycles. The molecule has 4 heteroatoms. The summed E-state index contributed by atoms with van der Waals surface area (Å²) in [6, 6.07) is 0. The average molecular weight is 481 g/mol. The largest absolute Gasteiger partial charge is 0.465 e. The lowest BCUT2D eigenvalue weighted by Gasteiger charge is -2.26. The van der Waals surface area contributed by atoms with Crippen molar-refractivity contribution in [1.29, 1.82) is 0 Å². The van der Waals surface area contributed by atoms with Crippen molar-refractivity contribution in [3.8, 4) is 0 Å². The highest BCUT2D eigenvalue weighted by molar-refractivity contribution is 5.75. The Balaban J connectivity index is 2.15. The fourth-order valence-electron chi connectivity index (χ4n) is 5.22. The van der Waals surface area contributed by atoms with E-state index in [4.69, 9.17) is 9.47 Å². The smallest absolute Gasteiger partial charge is 0.308 e. The second kappa shape index (κ2) is 18.2. The molecule has 1 aliphatic rings. The third kappa shape index (κ3) is 13.7. The first-order valence-electron chi connectivity index (χ1n) is 14.6. The first kappa shape index (κ1) is 31.0. The molecule has 0 radical (unpaired) electrons.